The standard InChI is InChI=1S/C18H17N5OS3/c1-9-6-4-5-7-12(9)19-17-22-23-18(27-17)25-8-13-20-15(24)14-10(2)11(3)26-16(14)21-13/h4-7H,8H2,1-3H3,(H,19,22)(H,20,21,24). The van der Waals surface area contributed by atoms with Crippen molar-refractivity contribution >= 4 is 55.5 Å². The zero-order valence-electron chi connectivity index (χ0n) is 15.0. The van der Waals surface area contributed by atoms with E-state index in [1.54, 1.807) is 11.3 Å². The summed E-state index contributed by atoms with van der Waals surface area (Å²) in [6, 6.07) is 8.05. The number of H-pyrrole nitrogens is 1. The van der Waals surface area contributed by atoms with E-state index >= 15 is 0 Å². The van der Waals surface area contributed by atoms with Crippen molar-refractivity contribution in [2.24, 2.45) is 0 Å². The van der Waals surface area contributed by atoms with E-state index in [-0.39, 0.29) is 5.56 Å². The monoisotopic (exact) mass is 415 g/mol. The zero-order chi connectivity index (χ0) is 19.0. The number of nitrogens with one attached hydrogen (secondary N) is 2. The van der Waals surface area contributed by atoms with Gasteiger partial charge in [-0.2, -0.15) is 0 Å². The highest BCUT2D eigenvalue weighted by atomic mass is 32.2. The molecular formula is C18H17N5OS3. The number of aromatic amines is 1. The van der Waals surface area contributed by atoms with Gasteiger partial charge in [-0.15, -0.1) is 21.5 Å². The minimum atomic E-state index is -0.0726. The minimum absolute atomic E-state index is 0.0726. The molecule has 2 N–H and O–H groups in total. The molecule has 6 nitrogen and oxygen atoms in total. The number of nitrogens with zero attached hydrogens (tertiary/aromatic N) is 3. The van der Waals surface area contributed by atoms with Gasteiger partial charge in [0.05, 0.1) is 11.1 Å². The van der Waals surface area contributed by atoms with Gasteiger partial charge in [-0.3, -0.25) is 4.79 Å². The Bertz CT molecular complexity index is 1180. The lowest BCUT2D eigenvalue weighted by molar-refractivity contribution is 1.00. The minimum Gasteiger partial charge on any atom is -0.330 e. The first-order valence-corrected chi connectivity index (χ1v) is 10.9. The number of thiophene rings is 1. The van der Waals surface area contributed by atoms with Gasteiger partial charge < -0.3 is 10.3 Å². The molecule has 4 aromatic rings. The van der Waals surface area contributed by atoms with Gasteiger partial charge >= 0.3 is 0 Å². The average molecular weight is 416 g/mol. The van der Waals surface area contributed by atoms with Gasteiger partial charge in [0.2, 0.25) is 5.13 Å². The van der Waals surface area contributed by atoms with Gasteiger partial charge in [-0.05, 0) is 38.0 Å². The van der Waals surface area contributed by atoms with E-state index in [9.17, 15) is 4.79 Å². The van der Waals surface area contributed by atoms with Gasteiger partial charge in [0.15, 0.2) is 4.34 Å². The Morgan fingerprint density at radius 3 is 2.78 bits per heavy atom. The van der Waals surface area contributed by atoms with E-state index in [0.29, 0.717) is 17.0 Å². The third-order valence-electron chi connectivity index (χ3n) is 4.21. The lowest BCUT2D eigenvalue weighted by Gasteiger charge is -2.04. The first-order chi connectivity index (χ1) is 13.0. The predicted octanol–water partition coefficient (Wildman–Crippen LogP) is 4.80. The summed E-state index contributed by atoms with van der Waals surface area (Å²) < 4.78 is 0.826. The third kappa shape index (κ3) is 3.76. The van der Waals surface area contributed by atoms with Gasteiger partial charge in [0.25, 0.3) is 5.56 Å². The van der Waals surface area contributed by atoms with E-state index in [1.165, 1.54) is 23.1 Å². The molecule has 0 saturated carbocycles. The molecule has 0 radical (unpaired) electrons. The fourth-order valence-electron chi connectivity index (χ4n) is 2.64. The lowest BCUT2D eigenvalue weighted by atomic mass is 10.2. The summed E-state index contributed by atoms with van der Waals surface area (Å²) in [5.41, 5.74) is 3.11. The molecule has 27 heavy (non-hydrogen) atoms. The molecule has 3 heterocycles. The van der Waals surface area contributed by atoms with E-state index in [0.717, 1.165) is 36.0 Å². The maximum Gasteiger partial charge on any atom is 0.259 e. The Kier molecular flexibility index (Phi) is 4.98. The van der Waals surface area contributed by atoms with Crippen molar-refractivity contribution < 1.29 is 0 Å². The van der Waals surface area contributed by atoms with E-state index < -0.39 is 0 Å². The topological polar surface area (TPSA) is 83.6 Å². The van der Waals surface area contributed by atoms with Crippen LogP contribution in [0.1, 0.15) is 21.8 Å². The molecule has 0 spiro atoms. The summed E-state index contributed by atoms with van der Waals surface area (Å²) in [6.07, 6.45) is 0. The molecule has 4 rings (SSSR count). The van der Waals surface area contributed by atoms with Crippen LogP contribution in [-0.4, -0.2) is 20.2 Å². The number of para-hydroxylation sites is 1. The molecular weight excluding hydrogens is 398 g/mol. The molecule has 0 amide bonds. The molecule has 0 atom stereocenters. The molecule has 0 saturated heterocycles. The van der Waals surface area contributed by atoms with Crippen molar-refractivity contribution in [3.63, 3.8) is 0 Å². The van der Waals surface area contributed by atoms with Crippen LogP contribution >= 0.6 is 34.4 Å². The molecule has 9 heteroatoms. The predicted molar refractivity (Wildman–Crippen MR) is 114 cm³/mol. The first-order valence-electron chi connectivity index (χ1n) is 8.29. The second-order valence-electron chi connectivity index (χ2n) is 6.08. The van der Waals surface area contributed by atoms with Crippen LogP contribution in [0.3, 0.4) is 0 Å². The Hall–Kier alpha value is -2.23. The van der Waals surface area contributed by atoms with Crippen LogP contribution in [0.15, 0.2) is 33.4 Å². The SMILES string of the molecule is Cc1ccccc1Nc1nnc(SCc2nc3sc(C)c(C)c3c(=O)[nH]2)s1. The second-order valence-corrected chi connectivity index (χ2v) is 9.48. The molecule has 138 valence electrons. The molecule has 0 aliphatic carbocycles. The highest BCUT2D eigenvalue weighted by Gasteiger charge is 2.13. The van der Waals surface area contributed by atoms with Crippen LogP contribution < -0.4 is 10.9 Å². The maximum absolute atomic E-state index is 12.4. The van der Waals surface area contributed by atoms with Gasteiger partial charge in [-0.25, -0.2) is 4.98 Å². The largest absolute Gasteiger partial charge is 0.330 e. The van der Waals surface area contributed by atoms with E-state index in [4.69, 9.17) is 0 Å². The van der Waals surface area contributed by atoms with Crippen LogP contribution in [-0.2, 0) is 5.75 Å². The number of hydrogen-bond acceptors (Lipinski definition) is 8. The van der Waals surface area contributed by atoms with Crippen molar-refractivity contribution in [3.05, 3.63) is 56.4 Å². The summed E-state index contributed by atoms with van der Waals surface area (Å²) in [5, 5.41) is 13.1. The van der Waals surface area contributed by atoms with Gasteiger partial charge in [0, 0.05) is 10.6 Å². The molecule has 0 aliphatic heterocycles. The Morgan fingerprint density at radius 1 is 1.15 bits per heavy atom. The normalized spacial score (nSPS) is 11.2. The molecule has 0 unspecified atom stereocenters. The number of aromatic nitrogens is 4. The molecule has 0 fully saturated rings. The fourth-order valence-corrected chi connectivity index (χ4v) is 5.33. The number of thioether (sulfide) groups is 1. The van der Waals surface area contributed by atoms with Crippen molar-refractivity contribution in [3.8, 4) is 0 Å². The smallest absolute Gasteiger partial charge is 0.259 e. The molecule has 3 aromatic heterocycles. The number of aryl methyl sites for hydroxylation is 3. The molecule has 0 aliphatic rings. The summed E-state index contributed by atoms with van der Waals surface area (Å²) >= 11 is 4.56. The second kappa shape index (κ2) is 7.41. The van der Waals surface area contributed by atoms with E-state index in [2.05, 4.69) is 25.5 Å². The quantitative estimate of drug-likeness (QED) is 0.456. The van der Waals surface area contributed by atoms with Crippen LogP contribution in [0.4, 0.5) is 10.8 Å². The van der Waals surface area contributed by atoms with Crippen molar-refractivity contribution in [2.45, 2.75) is 30.9 Å². The Labute approximate surface area is 168 Å². The molecule has 0 bridgehead atoms. The van der Waals surface area contributed by atoms with Crippen molar-refractivity contribution in [2.75, 3.05) is 5.32 Å². The summed E-state index contributed by atoms with van der Waals surface area (Å²) in [6.45, 7) is 6.02. The number of fused-ring (bicyclic) bond motifs is 1. The van der Waals surface area contributed by atoms with Gasteiger partial charge in [0.1, 0.15) is 10.7 Å². The van der Waals surface area contributed by atoms with Crippen molar-refractivity contribution in [1.29, 1.82) is 0 Å². The Balaban J connectivity index is 1.48. The Morgan fingerprint density at radius 2 is 1.96 bits per heavy atom. The van der Waals surface area contributed by atoms with Crippen LogP contribution in [0.5, 0.6) is 0 Å². The average Bonchev–Trinajstić information content (AvgIpc) is 3.20. The highest BCUT2D eigenvalue weighted by molar-refractivity contribution is 8.00. The first kappa shape index (κ1) is 18.1. The number of anilines is 2. The number of hydrogen-bond donors (Lipinski definition) is 2. The summed E-state index contributed by atoms with van der Waals surface area (Å²) in [4.78, 5) is 21.8. The molecule has 1 aromatic carbocycles. The van der Waals surface area contributed by atoms with Gasteiger partial charge in [-0.1, -0.05) is 41.3 Å². The zero-order valence-corrected chi connectivity index (χ0v) is 17.4. The highest BCUT2D eigenvalue weighted by Crippen LogP contribution is 2.31. The van der Waals surface area contributed by atoms with Crippen LogP contribution in [0.2, 0.25) is 0 Å². The fraction of sp³-hybridized carbons (Fsp3) is 0.222. The van der Waals surface area contributed by atoms with Crippen molar-refractivity contribution in [1.82, 2.24) is 20.2 Å². The van der Waals surface area contributed by atoms with E-state index in [1.807, 2.05) is 45.0 Å². The summed E-state index contributed by atoms with van der Waals surface area (Å²) in [7, 11) is 0. The number of benzene rings is 1. The number of rotatable bonds is 5. The van der Waals surface area contributed by atoms with Crippen LogP contribution in [0.25, 0.3) is 10.2 Å². The maximum atomic E-state index is 12.4. The summed E-state index contributed by atoms with van der Waals surface area (Å²) in [5.74, 6) is 1.20. The lowest BCUT2D eigenvalue weighted by Crippen LogP contribution is -2.10. The van der Waals surface area contributed by atoms with Crippen LogP contribution in [0, 0.1) is 20.8 Å². The third-order valence-corrected chi connectivity index (χ3v) is 7.30.